The van der Waals surface area contributed by atoms with Crippen LogP contribution in [0.1, 0.15) is 79.1 Å². The van der Waals surface area contributed by atoms with Crippen molar-refractivity contribution in [3.8, 4) is 0 Å². The van der Waals surface area contributed by atoms with Gasteiger partial charge in [0.15, 0.2) is 0 Å². The Morgan fingerprint density at radius 1 is 1.19 bits per heavy atom. The molecule has 0 aliphatic heterocycles. The fourth-order valence-electron chi connectivity index (χ4n) is 8.70. The van der Waals surface area contributed by atoms with Gasteiger partial charge in [0, 0.05) is 23.9 Å². The molecule has 3 fully saturated rings. The molecular formula is C28H46O4. The zero-order valence-corrected chi connectivity index (χ0v) is 20.6. The zero-order chi connectivity index (χ0) is 23.4. The molecule has 0 aromatic carbocycles. The molecule has 4 rings (SSSR count). The van der Waals surface area contributed by atoms with E-state index < -0.39 is 23.7 Å². The molecule has 32 heavy (non-hydrogen) atoms. The fourth-order valence-corrected chi connectivity index (χ4v) is 8.70. The van der Waals surface area contributed by atoms with E-state index in [-0.39, 0.29) is 23.9 Å². The van der Waals surface area contributed by atoms with Crippen LogP contribution in [0.3, 0.4) is 0 Å². The summed E-state index contributed by atoms with van der Waals surface area (Å²) in [5.41, 5.74) is 1.75. The maximum absolute atomic E-state index is 11.6. The van der Waals surface area contributed by atoms with Crippen LogP contribution < -0.4 is 0 Å². The first-order valence-corrected chi connectivity index (χ1v) is 13.1. The van der Waals surface area contributed by atoms with Gasteiger partial charge < -0.3 is 20.4 Å². The third kappa shape index (κ3) is 3.65. The zero-order valence-electron chi connectivity index (χ0n) is 20.6. The lowest BCUT2D eigenvalue weighted by Crippen LogP contribution is -2.61. The summed E-state index contributed by atoms with van der Waals surface area (Å²) in [6.07, 6.45) is 7.49. The molecule has 4 aliphatic carbocycles. The summed E-state index contributed by atoms with van der Waals surface area (Å²) >= 11 is 0. The van der Waals surface area contributed by atoms with E-state index in [0.717, 1.165) is 37.7 Å². The van der Waals surface area contributed by atoms with Crippen LogP contribution in [0, 0.1) is 46.3 Å². The molecule has 0 radical (unpaired) electrons. The normalized spacial score (nSPS) is 46.8. The van der Waals surface area contributed by atoms with Crippen molar-refractivity contribution >= 4 is 0 Å². The van der Waals surface area contributed by atoms with E-state index in [9.17, 15) is 20.4 Å². The Balaban J connectivity index is 1.60. The highest BCUT2D eigenvalue weighted by Gasteiger charge is 2.65. The van der Waals surface area contributed by atoms with Crippen molar-refractivity contribution < 1.29 is 20.4 Å². The lowest BCUT2D eigenvalue weighted by Gasteiger charge is -2.61. The van der Waals surface area contributed by atoms with Crippen LogP contribution in [0.5, 0.6) is 0 Å². The van der Waals surface area contributed by atoms with Crippen LogP contribution in [0.15, 0.2) is 23.8 Å². The molecule has 0 amide bonds. The van der Waals surface area contributed by atoms with E-state index in [0.29, 0.717) is 42.9 Å². The molecule has 182 valence electrons. The van der Waals surface area contributed by atoms with E-state index in [2.05, 4.69) is 40.3 Å². The number of fused-ring (bicyclic) bond motifs is 5. The third-order valence-electron chi connectivity index (χ3n) is 10.6. The third-order valence-corrected chi connectivity index (χ3v) is 10.6. The molecule has 0 bridgehead atoms. The van der Waals surface area contributed by atoms with Crippen molar-refractivity contribution in [3.63, 3.8) is 0 Å². The van der Waals surface area contributed by atoms with E-state index in [1.165, 1.54) is 5.57 Å². The van der Waals surface area contributed by atoms with Gasteiger partial charge in [-0.15, -0.1) is 0 Å². The Morgan fingerprint density at radius 3 is 2.56 bits per heavy atom. The molecule has 10 atom stereocenters. The van der Waals surface area contributed by atoms with Crippen molar-refractivity contribution in [3.05, 3.63) is 23.8 Å². The number of aliphatic hydroxyl groups excluding tert-OH is 4. The lowest BCUT2D eigenvalue weighted by molar-refractivity contribution is -0.172. The molecule has 0 heterocycles. The summed E-state index contributed by atoms with van der Waals surface area (Å²) in [6, 6.07) is 0. The van der Waals surface area contributed by atoms with Crippen molar-refractivity contribution in [1.29, 1.82) is 0 Å². The van der Waals surface area contributed by atoms with E-state index in [1.54, 1.807) is 0 Å². The van der Waals surface area contributed by atoms with Gasteiger partial charge >= 0.3 is 0 Å². The number of hydrogen-bond donors (Lipinski definition) is 4. The van der Waals surface area contributed by atoms with Gasteiger partial charge in [0.1, 0.15) is 0 Å². The second-order valence-electron chi connectivity index (χ2n) is 12.3. The van der Waals surface area contributed by atoms with Crippen LogP contribution in [0.4, 0.5) is 0 Å². The molecule has 4 heteroatoms. The van der Waals surface area contributed by atoms with Crippen molar-refractivity contribution in [1.82, 2.24) is 0 Å². The highest BCUT2D eigenvalue weighted by Crippen LogP contribution is 2.67. The second-order valence-corrected chi connectivity index (χ2v) is 12.3. The fraction of sp³-hybridized carbons (Fsp3) is 0.857. The maximum atomic E-state index is 11.6. The number of rotatable bonds is 6. The largest absolute Gasteiger partial charge is 0.396 e. The summed E-state index contributed by atoms with van der Waals surface area (Å²) in [6.45, 7) is 13.3. The van der Waals surface area contributed by atoms with Gasteiger partial charge in [0.25, 0.3) is 0 Å². The molecule has 4 nitrogen and oxygen atoms in total. The van der Waals surface area contributed by atoms with Gasteiger partial charge in [0.2, 0.25) is 0 Å². The Labute approximate surface area is 194 Å². The molecule has 3 unspecified atom stereocenters. The molecular weight excluding hydrogens is 400 g/mol. The minimum absolute atomic E-state index is 0.00412. The minimum atomic E-state index is -0.625. The van der Waals surface area contributed by atoms with Crippen molar-refractivity contribution in [2.24, 2.45) is 46.3 Å². The van der Waals surface area contributed by atoms with E-state index in [4.69, 9.17) is 0 Å². The summed E-state index contributed by atoms with van der Waals surface area (Å²) in [4.78, 5) is 0. The van der Waals surface area contributed by atoms with E-state index >= 15 is 0 Å². The van der Waals surface area contributed by atoms with Gasteiger partial charge in [0.05, 0.1) is 18.3 Å². The summed E-state index contributed by atoms with van der Waals surface area (Å²) in [7, 11) is 0. The second kappa shape index (κ2) is 8.83. The summed E-state index contributed by atoms with van der Waals surface area (Å²) in [5, 5.41) is 43.7. The van der Waals surface area contributed by atoms with E-state index in [1.807, 2.05) is 0 Å². The van der Waals surface area contributed by atoms with Gasteiger partial charge in [-0.1, -0.05) is 51.5 Å². The first-order valence-electron chi connectivity index (χ1n) is 13.1. The quantitative estimate of drug-likeness (QED) is 0.454. The number of hydrogen-bond acceptors (Lipinski definition) is 4. The standard InChI is InChI=1S/C28H46O4/c1-16(2)17(3)6-7-18(4)22-10-11-23-21-9-8-19-12-20(30)13-25(32)27(19,5)26(21)24(31)14-28(22,23)15-29/h8,16,18,20-26,29-32H,3,6-7,9-15H2,1-2,4-5H3/t18-,20?,21+,22-,23+,24?,25?,26-,27-,28+/m1/s1. The Hall–Kier alpha value is -0.680. The van der Waals surface area contributed by atoms with Crippen molar-refractivity contribution in [2.45, 2.75) is 97.4 Å². The predicted octanol–water partition coefficient (Wildman–Crippen LogP) is 4.47. The first-order chi connectivity index (χ1) is 15.1. The molecule has 4 N–H and O–H groups in total. The Kier molecular flexibility index (Phi) is 6.75. The number of allylic oxidation sites excluding steroid dienone is 2. The first kappa shape index (κ1) is 24.4. The van der Waals surface area contributed by atoms with Crippen LogP contribution in [-0.2, 0) is 0 Å². The van der Waals surface area contributed by atoms with Crippen LogP contribution in [-0.4, -0.2) is 45.3 Å². The van der Waals surface area contributed by atoms with Crippen LogP contribution >= 0.6 is 0 Å². The van der Waals surface area contributed by atoms with Crippen LogP contribution in [0.25, 0.3) is 0 Å². The Bertz CT molecular complexity index is 744. The number of aliphatic hydroxyl groups is 4. The van der Waals surface area contributed by atoms with Gasteiger partial charge in [-0.2, -0.15) is 0 Å². The van der Waals surface area contributed by atoms with Crippen LogP contribution in [0.2, 0.25) is 0 Å². The van der Waals surface area contributed by atoms with Gasteiger partial charge in [-0.05, 0) is 80.5 Å². The minimum Gasteiger partial charge on any atom is -0.396 e. The lowest BCUT2D eigenvalue weighted by atomic mass is 9.45. The SMILES string of the molecule is C=C(CC[C@@H](C)[C@H]1CC[C@H]2[C@@H]3CC=C4CC(O)CC(O)[C@]4(C)[C@H]3C(O)C[C@]12CO)C(C)C. The topological polar surface area (TPSA) is 80.9 Å². The molecule has 4 aliphatic rings. The summed E-state index contributed by atoms with van der Waals surface area (Å²) in [5.74, 6) is 2.09. The Morgan fingerprint density at radius 2 is 1.91 bits per heavy atom. The van der Waals surface area contributed by atoms with Crippen molar-refractivity contribution in [2.75, 3.05) is 6.61 Å². The highest BCUT2D eigenvalue weighted by atomic mass is 16.3. The molecule has 0 saturated heterocycles. The smallest absolute Gasteiger partial charge is 0.0659 e. The molecule has 0 aromatic heterocycles. The predicted molar refractivity (Wildman–Crippen MR) is 128 cm³/mol. The average Bonchev–Trinajstić information content (AvgIpc) is 3.12. The summed E-state index contributed by atoms with van der Waals surface area (Å²) < 4.78 is 0. The maximum Gasteiger partial charge on any atom is 0.0659 e. The monoisotopic (exact) mass is 446 g/mol. The molecule has 0 aromatic rings. The molecule has 0 spiro atoms. The van der Waals surface area contributed by atoms with Gasteiger partial charge in [-0.25, -0.2) is 0 Å². The molecule has 3 saturated carbocycles. The highest BCUT2D eigenvalue weighted by molar-refractivity contribution is 5.29. The average molecular weight is 447 g/mol. The van der Waals surface area contributed by atoms with Gasteiger partial charge in [-0.3, -0.25) is 0 Å².